The van der Waals surface area contributed by atoms with Gasteiger partial charge in [-0.3, -0.25) is 25.0 Å². The van der Waals surface area contributed by atoms with Gasteiger partial charge in [0.05, 0.1) is 38.1 Å². The van der Waals surface area contributed by atoms with Crippen LogP contribution in [0.5, 0.6) is 17.2 Å². The number of hydrogen-bond acceptors (Lipinski definition) is 11. The third-order valence-electron chi connectivity index (χ3n) is 4.27. The van der Waals surface area contributed by atoms with Crippen LogP contribution in [-0.4, -0.2) is 54.0 Å². The highest BCUT2D eigenvalue weighted by molar-refractivity contribution is 8.01. The molecule has 0 aliphatic rings. The molecule has 0 saturated heterocycles. The van der Waals surface area contributed by atoms with Gasteiger partial charge in [0, 0.05) is 11.8 Å². The molecule has 0 atom stereocenters. The quantitative estimate of drug-likeness (QED) is 0.181. The first kappa shape index (κ1) is 24.7. The maximum atomic E-state index is 12.7. The van der Waals surface area contributed by atoms with E-state index >= 15 is 0 Å². The molecule has 0 radical (unpaired) electrons. The van der Waals surface area contributed by atoms with Gasteiger partial charge in [-0.15, -0.1) is 10.2 Å². The Balaban J connectivity index is 1.62. The molecule has 0 fully saturated rings. The van der Waals surface area contributed by atoms with Gasteiger partial charge in [0.15, 0.2) is 15.8 Å². The molecule has 2 N–H and O–H groups in total. The molecule has 1 aromatic heterocycles. The largest absolute Gasteiger partial charge is 0.497 e. The Hall–Kier alpha value is -3.91. The normalized spacial score (nSPS) is 10.3. The van der Waals surface area contributed by atoms with Gasteiger partial charge in [-0.05, 0) is 24.3 Å². The number of aromatic nitrogens is 2. The van der Waals surface area contributed by atoms with E-state index in [-0.39, 0.29) is 33.9 Å². The third-order valence-corrected chi connectivity index (χ3v) is 6.24. The molecule has 34 heavy (non-hydrogen) atoms. The van der Waals surface area contributed by atoms with Crippen molar-refractivity contribution in [2.24, 2.45) is 0 Å². The Kier molecular flexibility index (Phi) is 8.21. The van der Waals surface area contributed by atoms with Crippen LogP contribution < -0.4 is 24.8 Å². The monoisotopic (exact) mass is 505 g/mol. The number of rotatable bonds is 10. The molecular formula is C20H19N5O7S2. The molecule has 1 heterocycles. The third kappa shape index (κ3) is 6.11. The number of ether oxygens (including phenoxy) is 3. The highest BCUT2D eigenvalue weighted by atomic mass is 32.2. The molecule has 14 heteroatoms. The summed E-state index contributed by atoms with van der Waals surface area (Å²) in [6.07, 6.45) is 0. The fourth-order valence-electron chi connectivity index (χ4n) is 2.68. The Labute approximate surface area is 201 Å². The number of benzene rings is 2. The zero-order chi connectivity index (χ0) is 24.7. The summed E-state index contributed by atoms with van der Waals surface area (Å²) in [5.41, 5.74) is -0.0662. The minimum atomic E-state index is -0.766. The summed E-state index contributed by atoms with van der Waals surface area (Å²) in [5.74, 6) is 0.00193. The van der Waals surface area contributed by atoms with Crippen LogP contribution in [0.25, 0.3) is 0 Å². The first-order valence-electron chi connectivity index (χ1n) is 9.46. The maximum absolute atomic E-state index is 12.7. The topological polar surface area (TPSA) is 155 Å². The highest BCUT2D eigenvalue weighted by Crippen LogP contribution is 2.35. The maximum Gasteiger partial charge on any atom is 0.286 e. The van der Waals surface area contributed by atoms with E-state index in [0.717, 1.165) is 29.2 Å². The zero-order valence-electron chi connectivity index (χ0n) is 18.2. The van der Waals surface area contributed by atoms with Gasteiger partial charge in [-0.25, -0.2) is 0 Å². The second kappa shape index (κ2) is 11.3. The van der Waals surface area contributed by atoms with Crippen LogP contribution in [0.3, 0.4) is 0 Å². The van der Waals surface area contributed by atoms with Gasteiger partial charge in [0.25, 0.3) is 11.6 Å². The van der Waals surface area contributed by atoms with E-state index in [0.29, 0.717) is 15.8 Å². The van der Waals surface area contributed by atoms with Gasteiger partial charge in [0.2, 0.25) is 11.0 Å². The average Bonchev–Trinajstić information content (AvgIpc) is 3.29. The second-order valence-corrected chi connectivity index (χ2v) is 8.57. The fourth-order valence-corrected chi connectivity index (χ4v) is 4.23. The van der Waals surface area contributed by atoms with Crippen molar-refractivity contribution in [2.45, 2.75) is 4.34 Å². The Bertz CT molecular complexity index is 1200. The van der Waals surface area contributed by atoms with Crippen molar-refractivity contribution in [1.29, 1.82) is 0 Å². The first-order chi connectivity index (χ1) is 16.3. The predicted molar refractivity (Wildman–Crippen MR) is 126 cm³/mol. The summed E-state index contributed by atoms with van der Waals surface area (Å²) in [6.45, 7) is 0. The van der Waals surface area contributed by atoms with E-state index < -0.39 is 16.5 Å². The molecular weight excluding hydrogens is 486 g/mol. The molecule has 3 aromatic rings. The van der Waals surface area contributed by atoms with E-state index in [1.54, 1.807) is 31.4 Å². The number of methoxy groups -OCH3 is 3. The van der Waals surface area contributed by atoms with Crippen molar-refractivity contribution in [3.63, 3.8) is 0 Å². The van der Waals surface area contributed by atoms with Crippen molar-refractivity contribution in [2.75, 3.05) is 37.7 Å². The molecule has 2 aromatic carbocycles. The van der Waals surface area contributed by atoms with Crippen molar-refractivity contribution >= 4 is 51.4 Å². The zero-order valence-corrected chi connectivity index (χ0v) is 19.8. The highest BCUT2D eigenvalue weighted by Gasteiger charge is 2.25. The van der Waals surface area contributed by atoms with E-state index in [2.05, 4.69) is 20.8 Å². The van der Waals surface area contributed by atoms with Crippen LogP contribution in [0.2, 0.25) is 0 Å². The summed E-state index contributed by atoms with van der Waals surface area (Å²) in [6, 6.07) is 9.21. The van der Waals surface area contributed by atoms with Crippen LogP contribution in [0.4, 0.5) is 16.5 Å². The number of thioether (sulfide) groups is 1. The van der Waals surface area contributed by atoms with Gasteiger partial charge < -0.3 is 19.5 Å². The van der Waals surface area contributed by atoms with E-state index in [9.17, 15) is 19.7 Å². The number of carbonyl (C=O) groups excluding carboxylic acids is 2. The van der Waals surface area contributed by atoms with Crippen molar-refractivity contribution in [3.05, 3.63) is 52.1 Å². The lowest BCUT2D eigenvalue weighted by Crippen LogP contribution is -2.14. The minimum Gasteiger partial charge on any atom is -0.497 e. The number of nitro benzene ring substituents is 1. The fraction of sp³-hybridized carbons (Fsp3) is 0.200. The standard InChI is InChI=1S/C20H19N5O7S2/c1-30-12-6-4-11(5-7-12)21-17(26)10-33-20-24-23-19(34-20)22-18(27)13-8-15(31-2)16(32-3)9-14(13)25(28)29/h4-9H,10H2,1-3H3,(H,21,26)(H,22,23,27). The van der Waals surface area contributed by atoms with Crippen LogP contribution in [-0.2, 0) is 4.79 Å². The first-order valence-corrected chi connectivity index (χ1v) is 11.3. The second-order valence-electron chi connectivity index (χ2n) is 6.37. The van der Waals surface area contributed by atoms with Crippen molar-refractivity contribution < 1.29 is 28.7 Å². The number of nitro groups is 1. The summed E-state index contributed by atoms with van der Waals surface area (Å²) < 4.78 is 15.7. The molecule has 2 amide bonds. The Morgan fingerprint density at radius 1 is 1.03 bits per heavy atom. The summed E-state index contributed by atoms with van der Waals surface area (Å²) in [7, 11) is 4.24. The molecule has 12 nitrogen and oxygen atoms in total. The van der Waals surface area contributed by atoms with E-state index in [4.69, 9.17) is 14.2 Å². The molecule has 0 bridgehead atoms. The SMILES string of the molecule is COc1ccc(NC(=O)CSc2nnc(NC(=O)c3cc(OC)c(OC)cc3[N+](=O)[O-])s2)cc1. The minimum absolute atomic E-state index is 0.0652. The average molecular weight is 506 g/mol. The van der Waals surface area contributed by atoms with Crippen LogP contribution in [0.15, 0.2) is 40.7 Å². The van der Waals surface area contributed by atoms with Crippen molar-refractivity contribution in [3.8, 4) is 17.2 Å². The van der Waals surface area contributed by atoms with Gasteiger partial charge in [-0.1, -0.05) is 23.1 Å². The molecule has 0 spiro atoms. The summed E-state index contributed by atoms with van der Waals surface area (Å²) in [5, 5.41) is 24.5. The van der Waals surface area contributed by atoms with Crippen LogP contribution in [0, 0.1) is 10.1 Å². The number of hydrogen-bond donors (Lipinski definition) is 2. The van der Waals surface area contributed by atoms with Gasteiger partial charge >= 0.3 is 0 Å². The smallest absolute Gasteiger partial charge is 0.286 e. The van der Waals surface area contributed by atoms with Gasteiger partial charge in [0.1, 0.15) is 11.3 Å². The number of anilines is 2. The Morgan fingerprint density at radius 2 is 1.71 bits per heavy atom. The molecule has 0 saturated carbocycles. The summed E-state index contributed by atoms with van der Waals surface area (Å²) >= 11 is 2.16. The van der Waals surface area contributed by atoms with Crippen LogP contribution in [0.1, 0.15) is 10.4 Å². The predicted octanol–water partition coefficient (Wildman–Crippen LogP) is 3.46. The Morgan fingerprint density at radius 3 is 2.32 bits per heavy atom. The lowest BCUT2D eigenvalue weighted by molar-refractivity contribution is -0.385. The lowest BCUT2D eigenvalue weighted by Gasteiger charge is -2.10. The van der Waals surface area contributed by atoms with E-state index in [1.807, 2.05) is 0 Å². The number of amides is 2. The number of nitrogens with one attached hydrogen (secondary N) is 2. The summed E-state index contributed by atoms with van der Waals surface area (Å²) in [4.78, 5) is 35.6. The lowest BCUT2D eigenvalue weighted by atomic mass is 10.1. The molecule has 178 valence electrons. The van der Waals surface area contributed by atoms with Crippen LogP contribution >= 0.6 is 23.1 Å². The van der Waals surface area contributed by atoms with E-state index in [1.165, 1.54) is 20.3 Å². The van der Waals surface area contributed by atoms with Gasteiger partial charge in [-0.2, -0.15) is 0 Å². The number of carbonyl (C=O) groups is 2. The molecule has 0 unspecified atom stereocenters. The molecule has 3 rings (SSSR count). The van der Waals surface area contributed by atoms with Crippen molar-refractivity contribution in [1.82, 2.24) is 10.2 Å². The molecule has 0 aliphatic heterocycles. The number of nitrogens with zero attached hydrogens (tertiary/aromatic N) is 3. The molecule has 0 aliphatic carbocycles.